The second-order valence-electron chi connectivity index (χ2n) is 10.3. The fraction of sp³-hybridized carbons (Fsp3) is 0.182. The van der Waals surface area contributed by atoms with Crippen molar-refractivity contribution in [2.45, 2.75) is 11.8 Å². The summed E-state index contributed by atoms with van der Waals surface area (Å²) < 4.78 is 10.6. The molecule has 1 N–H and O–H groups in total. The Bertz CT molecular complexity index is 1600. The van der Waals surface area contributed by atoms with Gasteiger partial charge in [0.05, 0.1) is 37.4 Å². The molecule has 1 fully saturated rings. The molecule has 4 aromatic rings. The molecule has 3 aliphatic carbocycles. The van der Waals surface area contributed by atoms with Crippen LogP contribution in [-0.4, -0.2) is 31.9 Å². The van der Waals surface area contributed by atoms with Crippen molar-refractivity contribution in [3.63, 3.8) is 0 Å². The van der Waals surface area contributed by atoms with Crippen LogP contribution < -0.4 is 19.7 Å². The molecule has 2 atom stereocenters. The minimum Gasteiger partial charge on any atom is -0.497 e. The standard InChI is InChI=1S/C33H26N2O5/c1-39-20-14-15-25(26(17-20)40-2)34-31(36)18-8-7-9-19(16-18)35-32(37)29-27-21-10-3-4-11-22(21)28(30(29)33(35)38)24-13-6-5-12-23(24)27/h3-17,27-30H,1-2H3,(H,34,36)/t27?,28?,29-,30-/m0/s1. The number of benzene rings is 4. The fourth-order valence-corrected chi connectivity index (χ4v) is 6.81. The van der Waals surface area contributed by atoms with E-state index in [1.54, 1.807) is 49.6 Å². The van der Waals surface area contributed by atoms with E-state index in [2.05, 4.69) is 29.6 Å². The number of amides is 3. The molecule has 3 amide bonds. The number of nitrogens with one attached hydrogen (secondary N) is 1. The van der Waals surface area contributed by atoms with Gasteiger partial charge in [0.2, 0.25) is 11.8 Å². The first-order valence-electron chi connectivity index (χ1n) is 13.2. The third-order valence-corrected chi connectivity index (χ3v) is 8.47. The van der Waals surface area contributed by atoms with Gasteiger partial charge < -0.3 is 14.8 Å². The number of methoxy groups -OCH3 is 2. The smallest absolute Gasteiger partial charge is 0.255 e. The van der Waals surface area contributed by atoms with E-state index in [4.69, 9.17) is 9.47 Å². The maximum atomic E-state index is 14.1. The van der Waals surface area contributed by atoms with Crippen molar-refractivity contribution in [1.29, 1.82) is 0 Å². The first kappa shape index (κ1) is 24.2. The number of carbonyl (C=O) groups is 3. The Morgan fingerprint density at radius 1 is 0.700 bits per heavy atom. The molecule has 0 radical (unpaired) electrons. The van der Waals surface area contributed by atoms with E-state index in [9.17, 15) is 14.4 Å². The lowest BCUT2D eigenvalue weighted by Gasteiger charge is -2.45. The van der Waals surface area contributed by atoms with E-state index in [0.29, 0.717) is 28.4 Å². The van der Waals surface area contributed by atoms with Gasteiger partial charge >= 0.3 is 0 Å². The van der Waals surface area contributed by atoms with Crippen LogP contribution in [0.3, 0.4) is 0 Å². The lowest BCUT2D eigenvalue weighted by atomic mass is 9.55. The lowest BCUT2D eigenvalue weighted by molar-refractivity contribution is -0.122. The van der Waals surface area contributed by atoms with Crippen LogP contribution in [0.1, 0.15) is 44.4 Å². The number of carbonyl (C=O) groups excluding carboxylic acids is 3. The van der Waals surface area contributed by atoms with Gasteiger partial charge in [0.15, 0.2) is 0 Å². The third-order valence-electron chi connectivity index (χ3n) is 8.47. The summed E-state index contributed by atoms with van der Waals surface area (Å²) in [6.45, 7) is 0. The molecule has 1 saturated heterocycles. The minimum atomic E-state index is -0.483. The number of anilines is 2. The highest BCUT2D eigenvalue weighted by Crippen LogP contribution is 2.61. The highest BCUT2D eigenvalue weighted by Gasteiger charge is 2.61. The van der Waals surface area contributed by atoms with Gasteiger partial charge in [0.1, 0.15) is 11.5 Å². The molecule has 0 spiro atoms. The van der Waals surface area contributed by atoms with E-state index in [0.717, 1.165) is 22.3 Å². The molecular weight excluding hydrogens is 504 g/mol. The molecule has 0 unspecified atom stereocenters. The minimum absolute atomic E-state index is 0.183. The number of ether oxygens (including phenoxy) is 2. The van der Waals surface area contributed by atoms with E-state index >= 15 is 0 Å². The Balaban J connectivity index is 1.23. The van der Waals surface area contributed by atoms with Crippen molar-refractivity contribution in [3.8, 4) is 11.5 Å². The molecule has 198 valence electrons. The van der Waals surface area contributed by atoms with Crippen molar-refractivity contribution in [2.24, 2.45) is 11.8 Å². The van der Waals surface area contributed by atoms with Crippen molar-refractivity contribution in [3.05, 3.63) is 119 Å². The number of hydrogen-bond donors (Lipinski definition) is 1. The largest absolute Gasteiger partial charge is 0.497 e. The molecular formula is C33H26N2O5. The molecule has 4 aliphatic rings. The van der Waals surface area contributed by atoms with Crippen LogP contribution in [0.15, 0.2) is 91.0 Å². The average molecular weight is 531 g/mol. The first-order valence-corrected chi connectivity index (χ1v) is 13.2. The van der Waals surface area contributed by atoms with Crippen LogP contribution in [0.2, 0.25) is 0 Å². The molecule has 40 heavy (non-hydrogen) atoms. The Kier molecular flexibility index (Phi) is 5.49. The molecule has 0 saturated carbocycles. The van der Waals surface area contributed by atoms with Crippen molar-refractivity contribution in [2.75, 3.05) is 24.4 Å². The normalized spacial score (nSPS) is 21.9. The first-order chi connectivity index (χ1) is 19.5. The van der Waals surface area contributed by atoms with Crippen LogP contribution in [-0.2, 0) is 9.59 Å². The molecule has 7 nitrogen and oxygen atoms in total. The van der Waals surface area contributed by atoms with E-state index in [-0.39, 0.29) is 29.6 Å². The molecule has 0 aromatic heterocycles. The molecule has 1 heterocycles. The predicted octanol–water partition coefficient (Wildman–Crippen LogP) is 5.35. The van der Waals surface area contributed by atoms with Crippen molar-refractivity contribution in [1.82, 2.24) is 0 Å². The summed E-state index contributed by atoms with van der Waals surface area (Å²) in [5.74, 6) is -1.11. The second kappa shape index (κ2) is 9.09. The SMILES string of the molecule is COc1ccc(NC(=O)c2cccc(N3C(=O)[C@H]4C5c6ccccc6C(c6ccccc65)[C@@H]4C3=O)c2)c(OC)c1. The van der Waals surface area contributed by atoms with Crippen LogP contribution in [0.4, 0.5) is 11.4 Å². The second-order valence-corrected chi connectivity index (χ2v) is 10.3. The highest BCUT2D eigenvalue weighted by molar-refractivity contribution is 6.23. The summed E-state index contributed by atoms with van der Waals surface area (Å²) in [7, 11) is 3.07. The Morgan fingerprint density at radius 3 is 1.80 bits per heavy atom. The van der Waals surface area contributed by atoms with Crippen LogP contribution in [0.5, 0.6) is 11.5 Å². The van der Waals surface area contributed by atoms with Crippen molar-refractivity contribution < 1.29 is 23.9 Å². The molecule has 7 heteroatoms. The molecule has 8 rings (SSSR count). The summed E-state index contributed by atoms with van der Waals surface area (Å²) in [5.41, 5.74) is 5.68. The molecule has 2 bridgehead atoms. The number of rotatable bonds is 5. The average Bonchev–Trinajstić information content (AvgIpc) is 3.27. The van der Waals surface area contributed by atoms with Crippen LogP contribution in [0, 0.1) is 11.8 Å². The Morgan fingerprint density at radius 2 is 1.27 bits per heavy atom. The van der Waals surface area contributed by atoms with Gasteiger partial charge in [-0.05, 0) is 52.6 Å². The zero-order chi connectivity index (χ0) is 27.5. The monoisotopic (exact) mass is 530 g/mol. The molecule has 1 aliphatic heterocycles. The zero-order valence-electron chi connectivity index (χ0n) is 22.0. The van der Waals surface area contributed by atoms with E-state index < -0.39 is 11.8 Å². The third kappa shape index (κ3) is 3.40. The predicted molar refractivity (Wildman–Crippen MR) is 150 cm³/mol. The number of hydrogen-bond acceptors (Lipinski definition) is 5. The maximum absolute atomic E-state index is 14.1. The van der Waals surface area contributed by atoms with Crippen LogP contribution >= 0.6 is 0 Å². The lowest BCUT2D eigenvalue weighted by Crippen LogP contribution is -2.41. The number of nitrogens with zero attached hydrogens (tertiary/aromatic N) is 1. The summed E-state index contributed by atoms with van der Waals surface area (Å²) in [6, 6.07) is 28.1. The van der Waals surface area contributed by atoms with E-state index in [1.807, 2.05) is 24.3 Å². The molecule has 4 aromatic carbocycles. The Hall–Kier alpha value is -4.91. The Labute approximate surface area is 231 Å². The fourth-order valence-electron chi connectivity index (χ4n) is 6.81. The highest BCUT2D eigenvalue weighted by atomic mass is 16.5. The maximum Gasteiger partial charge on any atom is 0.255 e. The van der Waals surface area contributed by atoms with Gasteiger partial charge in [-0.15, -0.1) is 0 Å². The summed E-state index contributed by atoms with van der Waals surface area (Å²) in [4.78, 5) is 42.6. The van der Waals surface area contributed by atoms with Gasteiger partial charge in [-0.3, -0.25) is 14.4 Å². The topological polar surface area (TPSA) is 84.9 Å². The zero-order valence-corrected chi connectivity index (χ0v) is 22.0. The van der Waals surface area contributed by atoms with E-state index in [1.165, 1.54) is 12.0 Å². The summed E-state index contributed by atoms with van der Waals surface area (Å²) in [6.07, 6.45) is 0. The van der Waals surface area contributed by atoms with Crippen LogP contribution in [0.25, 0.3) is 0 Å². The van der Waals surface area contributed by atoms with Gasteiger partial charge in [-0.25, -0.2) is 4.90 Å². The van der Waals surface area contributed by atoms with Gasteiger partial charge in [-0.2, -0.15) is 0 Å². The van der Waals surface area contributed by atoms with Gasteiger partial charge in [-0.1, -0.05) is 54.6 Å². The number of imide groups is 1. The summed E-state index contributed by atoms with van der Waals surface area (Å²) >= 11 is 0. The van der Waals surface area contributed by atoms with Gasteiger partial charge in [0, 0.05) is 23.5 Å². The summed E-state index contributed by atoms with van der Waals surface area (Å²) in [5, 5.41) is 2.86. The van der Waals surface area contributed by atoms with Gasteiger partial charge in [0.25, 0.3) is 5.91 Å². The quantitative estimate of drug-likeness (QED) is 0.352. The van der Waals surface area contributed by atoms with Crippen molar-refractivity contribution >= 4 is 29.1 Å².